The van der Waals surface area contributed by atoms with Gasteiger partial charge in [0.1, 0.15) is 11.6 Å². The molecule has 1 aromatic heterocycles. The van der Waals surface area contributed by atoms with E-state index in [-0.39, 0.29) is 5.69 Å². The maximum atomic E-state index is 11.1. The molecule has 0 aliphatic carbocycles. The second-order valence-electron chi connectivity index (χ2n) is 4.39. The summed E-state index contributed by atoms with van der Waals surface area (Å²) in [6.45, 7) is 0. The van der Waals surface area contributed by atoms with Crippen LogP contribution in [0.3, 0.4) is 0 Å². The Morgan fingerprint density at radius 1 is 1.00 bits per heavy atom. The normalized spacial score (nSPS) is 10.5. The lowest BCUT2D eigenvalue weighted by atomic mass is 10.1. The largest absolute Gasteiger partial charge is 0.438 e. The quantitative estimate of drug-likeness (QED) is 0.585. The van der Waals surface area contributed by atoms with E-state index in [1.807, 2.05) is 0 Å². The van der Waals surface area contributed by atoms with Gasteiger partial charge in [0, 0.05) is 17.5 Å². The van der Waals surface area contributed by atoms with Crippen molar-refractivity contribution in [3.8, 4) is 11.6 Å². The highest BCUT2D eigenvalue weighted by Gasteiger charge is 2.15. The van der Waals surface area contributed by atoms with Gasteiger partial charge in [-0.3, -0.25) is 10.1 Å². The number of non-ortho nitro benzene ring substituents is 1. The summed E-state index contributed by atoms with van der Waals surface area (Å²) in [5.41, 5.74) is 5.65. The molecule has 104 valence electrons. The number of hydrogen-bond donors (Lipinski definition) is 1. The van der Waals surface area contributed by atoms with Crippen LogP contribution in [0.5, 0.6) is 11.6 Å². The van der Waals surface area contributed by atoms with E-state index in [1.165, 1.54) is 6.07 Å². The summed E-state index contributed by atoms with van der Waals surface area (Å²) in [4.78, 5) is 14.7. The molecule has 0 saturated heterocycles. The van der Waals surface area contributed by atoms with Crippen LogP contribution in [0.4, 0.5) is 11.5 Å². The third kappa shape index (κ3) is 2.46. The van der Waals surface area contributed by atoms with Crippen LogP contribution < -0.4 is 10.5 Å². The van der Waals surface area contributed by atoms with Crippen LogP contribution in [0.1, 0.15) is 0 Å². The second kappa shape index (κ2) is 5.09. The van der Waals surface area contributed by atoms with Crippen molar-refractivity contribution in [1.82, 2.24) is 4.98 Å². The smallest absolute Gasteiger partial charge is 0.277 e. The number of fused-ring (bicyclic) bond motifs is 1. The van der Waals surface area contributed by atoms with Crippen LogP contribution in [0.2, 0.25) is 0 Å². The summed E-state index contributed by atoms with van der Waals surface area (Å²) in [5.74, 6) is 1.18. The van der Waals surface area contributed by atoms with E-state index in [2.05, 4.69) is 4.98 Å². The molecule has 6 nitrogen and oxygen atoms in total. The van der Waals surface area contributed by atoms with Gasteiger partial charge in [-0.15, -0.1) is 0 Å². The molecule has 0 saturated carbocycles. The number of nitrogens with zero attached hydrogens (tertiary/aromatic N) is 2. The maximum Gasteiger partial charge on any atom is 0.277 e. The fraction of sp³-hybridized carbons (Fsp3) is 0. The van der Waals surface area contributed by atoms with Gasteiger partial charge in [0.2, 0.25) is 5.88 Å². The Kier molecular flexibility index (Phi) is 3.12. The number of nitro benzene ring substituents is 1. The lowest BCUT2D eigenvalue weighted by Gasteiger charge is -2.08. The minimum atomic E-state index is -0.412. The average Bonchev–Trinajstić information content (AvgIpc) is 2.47. The van der Waals surface area contributed by atoms with E-state index < -0.39 is 4.92 Å². The minimum absolute atomic E-state index is 0.0403. The molecule has 3 rings (SSSR count). The lowest BCUT2D eigenvalue weighted by Crippen LogP contribution is -1.95. The molecule has 0 aliphatic heterocycles. The van der Waals surface area contributed by atoms with E-state index in [4.69, 9.17) is 10.5 Å². The van der Waals surface area contributed by atoms with Crippen molar-refractivity contribution in [3.05, 3.63) is 64.7 Å². The predicted octanol–water partition coefficient (Wildman–Crippen LogP) is 3.52. The summed E-state index contributed by atoms with van der Waals surface area (Å²) < 4.78 is 5.69. The fourth-order valence-electron chi connectivity index (χ4n) is 2.10. The monoisotopic (exact) mass is 281 g/mol. The van der Waals surface area contributed by atoms with Gasteiger partial charge in [-0.05, 0) is 18.2 Å². The molecule has 0 spiro atoms. The molecule has 0 aliphatic rings. The molecule has 1 heterocycles. The first kappa shape index (κ1) is 12.9. The Hall–Kier alpha value is -3.15. The minimum Gasteiger partial charge on any atom is -0.438 e. The third-order valence-corrected chi connectivity index (χ3v) is 3.02. The lowest BCUT2D eigenvalue weighted by molar-refractivity contribution is -0.383. The third-order valence-electron chi connectivity index (χ3n) is 3.02. The summed E-state index contributed by atoms with van der Waals surface area (Å²) in [6.07, 6.45) is 0. The standard InChI is InChI=1S/C15H11N3O3/c16-14-6-3-7-15(17-14)21-13-9-8-12(18(19)20)10-4-1-2-5-11(10)13/h1-9H,(H2,16,17). The zero-order valence-electron chi connectivity index (χ0n) is 10.9. The first-order valence-corrected chi connectivity index (χ1v) is 6.21. The van der Waals surface area contributed by atoms with Gasteiger partial charge in [0.25, 0.3) is 5.69 Å². The van der Waals surface area contributed by atoms with E-state index in [1.54, 1.807) is 48.5 Å². The van der Waals surface area contributed by atoms with Gasteiger partial charge in [-0.25, -0.2) is 0 Å². The molecule has 3 aromatic rings. The molecule has 2 aromatic carbocycles. The molecule has 0 unspecified atom stereocenters. The van der Waals surface area contributed by atoms with Crippen molar-refractivity contribution >= 4 is 22.3 Å². The summed E-state index contributed by atoms with van der Waals surface area (Å²) in [5, 5.41) is 12.2. The summed E-state index contributed by atoms with van der Waals surface area (Å²) in [6, 6.07) is 15.0. The Bertz CT molecular complexity index is 833. The van der Waals surface area contributed by atoms with Crippen molar-refractivity contribution in [2.75, 3.05) is 5.73 Å². The highest BCUT2D eigenvalue weighted by molar-refractivity contribution is 5.95. The Labute approximate surface area is 119 Å². The number of rotatable bonds is 3. The van der Waals surface area contributed by atoms with E-state index in [0.29, 0.717) is 28.2 Å². The highest BCUT2D eigenvalue weighted by Crippen LogP contribution is 2.34. The van der Waals surface area contributed by atoms with Crippen LogP contribution in [0.25, 0.3) is 10.8 Å². The first-order chi connectivity index (χ1) is 10.1. The number of pyridine rings is 1. The zero-order valence-corrected chi connectivity index (χ0v) is 10.9. The van der Waals surface area contributed by atoms with Crippen molar-refractivity contribution < 1.29 is 9.66 Å². The first-order valence-electron chi connectivity index (χ1n) is 6.21. The number of nitro groups is 1. The number of anilines is 1. The molecule has 0 amide bonds. The van der Waals surface area contributed by atoms with Crippen LogP contribution >= 0.6 is 0 Å². The number of benzene rings is 2. The van der Waals surface area contributed by atoms with Crippen LogP contribution in [0.15, 0.2) is 54.6 Å². The number of nitrogen functional groups attached to an aromatic ring is 1. The molecule has 6 heteroatoms. The molecule has 2 N–H and O–H groups in total. The van der Waals surface area contributed by atoms with Crippen LogP contribution in [-0.4, -0.2) is 9.91 Å². The van der Waals surface area contributed by atoms with Gasteiger partial charge >= 0.3 is 0 Å². The Balaban J connectivity index is 2.12. The number of ether oxygens (including phenoxy) is 1. The fourth-order valence-corrected chi connectivity index (χ4v) is 2.10. The molecule has 0 bridgehead atoms. The van der Waals surface area contributed by atoms with Gasteiger partial charge in [0.15, 0.2) is 0 Å². The van der Waals surface area contributed by atoms with Gasteiger partial charge < -0.3 is 10.5 Å². The van der Waals surface area contributed by atoms with Gasteiger partial charge in [-0.1, -0.05) is 24.3 Å². The second-order valence-corrected chi connectivity index (χ2v) is 4.39. The topological polar surface area (TPSA) is 91.3 Å². The van der Waals surface area contributed by atoms with E-state index in [9.17, 15) is 10.1 Å². The molecule has 0 atom stereocenters. The zero-order chi connectivity index (χ0) is 14.8. The maximum absolute atomic E-state index is 11.1. The molecule has 0 fully saturated rings. The number of nitrogens with two attached hydrogens (primary N) is 1. The molecular weight excluding hydrogens is 270 g/mol. The van der Waals surface area contributed by atoms with Gasteiger partial charge in [0.05, 0.1) is 10.3 Å². The molecular formula is C15H11N3O3. The van der Waals surface area contributed by atoms with E-state index in [0.717, 1.165) is 0 Å². The van der Waals surface area contributed by atoms with Crippen LogP contribution in [0, 0.1) is 10.1 Å². The number of hydrogen-bond acceptors (Lipinski definition) is 5. The van der Waals surface area contributed by atoms with E-state index >= 15 is 0 Å². The van der Waals surface area contributed by atoms with Crippen LogP contribution in [-0.2, 0) is 0 Å². The molecule has 0 radical (unpaired) electrons. The van der Waals surface area contributed by atoms with Gasteiger partial charge in [-0.2, -0.15) is 4.98 Å². The van der Waals surface area contributed by atoms with Crippen molar-refractivity contribution in [1.29, 1.82) is 0 Å². The van der Waals surface area contributed by atoms with Crippen molar-refractivity contribution in [3.63, 3.8) is 0 Å². The average molecular weight is 281 g/mol. The predicted molar refractivity (Wildman–Crippen MR) is 79.3 cm³/mol. The van der Waals surface area contributed by atoms with Crippen molar-refractivity contribution in [2.45, 2.75) is 0 Å². The summed E-state index contributed by atoms with van der Waals surface area (Å²) in [7, 11) is 0. The molecule has 21 heavy (non-hydrogen) atoms. The highest BCUT2D eigenvalue weighted by atomic mass is 16.6. The SMILES string of the molecule is Nc1cccc(Oc2ccc([N+](=O)[O-])c3ccccc23)n1. The van der Waals surface area contributed by atoms with Crippen molar-refractivity contribution in [2.24, 2.45) is 0 Å². The summed E-state index contributed by atoms with van der Waals surface area (Å²) >= 11 is 0. The Morgan fingerprint density at radius 2 is 1.76 bits per heavy atom. The number of aromatic nitrogens is 1. The Morgan fingerprint density at radius 3 is 2.48 bits per heavy atom.